The quantitative estimate of drug-likeness (QED) is 0.464. The van der Waals surface area contributed by atoms with Gasteiger partial charge in [0.2, 0.25) is 0 Å². The number of allylic oxidation sites excluding steroid dienone is 1. The van der Waals surface area contributed by atoms with Crippen molar-refractivity contribution in [3.05, 3.63) is 11.6 Å². The normalized spacial score (nSPS) is 45.4. The van der Waals surface area contributed by atoms with Gasteiger partial charge in [0.1, 0.15) is 6.17 Å². The van der Waals surface area contributed by atoms with Crippen molar-refractivity contribution in [3.8, 4) is 0 Å². The molecular formula is C27H43FO. The smallest absolute Gasteiger partial charge is 0.155 e. The molecule has 0 aromatic carbocycles. The van der Waals surface area contributed by atoms with Crippen LogP contribution in [-0.4, -0.2) is 12.0 Å². The van der Waals surface area contributed by atoms with Crippen LogP contribution in [0.4, 0.5) is 4.39 Å². The zero-order valence-electron chi connectivity index (χ0n) is 19.5. The molecule has 164 valence electrons. The minimum atomic E-state index is -0.893. The molecule has 0 amide bonds. The van der Waals surface area contributed by atoms with Gasteiger partial charge in [-0.15, -0.1) is 0 Å². The summed E-state index contributed by atoms with van der Waals surface area (Å²) < 4.78 is 15.4. The second-order valence-electron chi connectivity index (χ2n) is 12.1. The molecule has 1 nitrogen and oxygen atoms in total. The first-order chi connectivity index (χ1) is 13.7. The summed E-state index contributed by atoms with van der Waals surface area (Å²) >= 11 is 0. The topological polar surface area (TPSA) is 17.1 Å². The molecule has 0 N–H and O–H groups in total. The number of fused-ring (bicyclic) bond motifs is 5. The van der Waals surface area contributed by atoms with Gasteiger partial charge in [-0.25, -0.2) is 4.39 Å². The molecule has 0 radical (unpaired) electrons. The van der Waals surface area contributed by atoms with Crippen molar-refractivity contribution in [1.82, 2.24) is 0 Å². The van der Waals surface area contributed by atoms with Gasteiger partial charge in [0.25, 0.3) is 0 Å². The van der Waals surface area contributed by atoms with Crippen molar-refractivity contribution in [2.75, 3.05) is 0 Å². The van der Waals surface area contributed by atoms with Crippen LogP contribution in [0, 0.1) is 46.3 Å². The van der Waals surface area contributed by atoms with Gasteiger partial charge >= 0.3 is 0 Å². The highest BCUT2D eigenvalue weighted by molar-refractivity contribution is 5.91. The van der Waals surface area contributed by atoms with E-state index in [1.165, 1.54) is 44.9 Å². The van der Waals surface area contributed by atoms with E-state index in [1.807, 2.05) is 0 Å². The van der Waals surface area contributed by atoms with Crippen LogP contribution in [0.3, 0.4) is 0 Å². The Hall–Kier alpha value is -0.660. The summed E-state index contributed by atoms with van der Waals surface area (Å²) in [6.07, 6.45) is 12.2. The first-order valence-corrected chi connectivity index (χ1v) is 12.6. The molecule has 0 saturated heterocycles. The molecule has 3 saturated carbocycles. The number of alkyl halides is 1. The Morgan fingerprint density at radius 1 is 1.07 bits per heavy atom. The molecule has 4 aliphatic carbocycles. The van der Waals surface area contributed by atoms with E-state index < -0.39 is 6.17 Å². The first-order valence-electron chi connectivity index (χ1n) is 12.6. The fourth-order valence-electron chi connectivity index (χ4n) is 8.58. The van der Waals surface area contributed by atoms with Crippen LogP contribution in [-0.2, 0) is 4.79 Å². The summed E-state index contributed by atoms with van der Waals surface area (Å²) in [6.45, 7) is 12.0. The summed E-state index contributed by atoms with van der Waals surface area (Å²) in [7, 11) is 0. The molecule has 8 atom stereocenters. The maximum atomic E-state index is 15.4. The van der Waals surface area contributed by atoms with Crippen LogP contribution in [0.2, 0.25) is 0 Å². The number of halogens is 1. The summed E-state index contributed by atoms with van der Waals surface area (Å²) in [5.41, 5.74) is 1.19. The molecule has 3 fully saturated rings. The molecule has 0 bridgehead atoms. The van der Waals surface area contributed by atoms with E-state index in [2.05, 4.69) is 34.6 Å². The number of hydrogen-bond donors (Lipinski definition) is 0. The standard InChI is InChI=1S/C27H43FO/c1-17(2)7-6-8-18(3)21-9-10-22-20-16-25(28)24-15-19(29)11-13-27(24,5)23(20)12-14-26(21,22)4/h15,17-18,20-23,25H,6-14,16H2,1-5H3/t18-,20+,21-,22+,23+,25?,26-,27-/m1/s1. The highest BCUT2D eigenvalue weighted by Crippen LogP contribution is 2.68. The van der Waals surface area contributed by atoms with E-state index in [0.717, 1.165) is 29.7 Å². The number of carbonyl (C=O) groups is 1. The second kappa shape index (κ2) is 7.79. The van der Waals surface area contributed by atoms with Gasteiger partial charge in [0.15, 0.2) is 5.78 Å². The van der Waals surface area contributed by atoms with Crippen molar-refractivity contribution in [1.29, 1.82) is 0 Å². The van der Waals surface area contributed by atoms with Crippen LogP contribution < -0.4 is 0 Å². The molecule has 0 spiro atoms. The number of ketones is 1. The number of rotatable bonds is 5. The summed E-state index contributed by atoms with van der Waals surface area (Å²) in [6, 6.07) is 0. The van der Waals surface area contributed by atoms with Crippen LogP contribution in [0.15, 0.2) is 11.6 Å². The summed E-state index contributed by atoms with van der Waals surface area (Å²) in [4.78, 5) is 12.0. The van der Waals surface area contributed by atoms with Crippen molar-refractivity contribution in [2.24, 2.45) is 46.3 Å². The molecule has 29 heavy (non-hydrogen) atoms. The average Bonchev–Trinajstić information content (AvgIpc) is 3.00. The van der Waals surface area contributed by atoms with Crippen molar-refractivity contribution in [2.45, 2.75) is 105 Å². The fraction of sp³-hybridized carbons (Fsp3) is 0.889. The summed E-state index contributed by atoms with van der Waals surface area (Å²) in [5.74, 6) is 4.36. The minimum Gasteiger partial charge on any atom is -0.295 e. The largest absolute Gasteiger partial charge is 0.295 e. The van der Waals surface area contributed by atoms with Gasteiger partial charge < -0.3 is 0 Å². The molecule has 0 aliphatic heterocycles. The van der Waals surface area contributed by atoms with E-state index in [0.29, 0.717) is 36.0 Å². The van der Waals surface area contributed by atoms with E-state index in [-0.39, 0.29) is 11.2 Å². The van der Waals surface area contributed by atoms with Gasteiger partial charge in [-0.3, -0.25) is 4.79 Å². The Morgan fingerprint density at radius 3 is 2.55 bits per heavy atom. The molecule has 4 rings (SSSR count). The van der Waals surface area contributed by atoms with Gasteiger partial charge in [0, 0.05) is 6.42 Å². The van der Waals surface area contributed by atoms with Gasteiger partial charge in [-0.1, -0.05) is 53.9 Å². The van der Waals surface area contributed by atoms with Crippen LogP contribution in [0.25, 0.3) is 0 Å². The SMILES string of the molecule is CC(C)CCC[C@@H](C)[C@H]1CC[C@H]2[C@@H]3CC(F)C4=CC(=O)CC[C@]4(C)[C@H]3CC[C@]12C. The molecule has 2 heteroatoms. The molecular weight excluding hydrogens is 359 g/mol. The fourth-order valence-corrected chi connectivity index (χ4v) is 8.58. The molecule has 0 aromatic rings. The van der Waals surface area contributed by atoms with Crippen LogP contribution >= 0.6 is 0 Å². The minimum absolute atomic E-state index is 0.0709. The lowest BCUT2D eigenvalue weighted by Gasteiger charge is -2.59. The van der Waals surface area contributed by atoms with Gasteiger partial charge in [-0.2, -0.15) is 0 Å². The summed E-state index contributed by atoms with van der Waals surface area (Å²) in [5, 5.41) is 0. The molecule has 4 aliphatic rings. The average molecular weight is 403 g/mol. The van der Waals surface area contributed by atoms with E-state index >= 15 is 4.39 Å². The highest BCUT2D eigenvalue weighted by atomic mass is 19.1. The predicted molar refractivity (Wildman–Crippen MR) is 118 cm³/mol. The third-order valence-electron chi connectivity index (χ3n) is 10.1. The number of carbonyl (C=O) groups excluding carboxylic acids is 1. The maximum absolute atomic E-state index is 15.4. The van der Waals surface area contributed by atoms with Crippen molar-refractivity contribution in [3.63, 3.8) is 0 Å². The lowest BCUT2D eigenvalue weighted by molar-refractivity contribution is -0.118. The zero-order valence-corrected chi connectivity index (χ0v) is 19.5. The Morgan fingerprint density at radius 2 is 1.83 bits per heavy atom. The third kappa shape index (κ3) is 3.55. The second-order valence-corrected chi connectivity index (χ2v) is 12.1. The van der Waals surface area contributed by atoms with E-state index in [9.17, 15) is 4.79 Å². The Balaban J connectivity index is 1.53. The molecule has 1 unspecified atom stereocenters. The van der Waals surface area contributed by atoms with Crippen LogP contribution in [0.5, 0.6) is 0 Å². The van der Waals surface area contributed by atoms with E-state index in [1.54, 1.807) is 6.08 Å². The lowest BCUT2D eigenvalue weighted by atomic mass is 9.46. The monoisotopic (exact) mass is 402 g/mol. The van der Waals surface area contributed by atoms with Gasteiger partial charge in [0.05, 0.1) is 0 Å². The maximum Gasteiger partial charge on any atom is 0.155 e. The van der Waals surface area contributed by atoms with Crippen LogP contribution in [0.1, 0.15) is 98.8 Å². The van der Waals surface area contributed by atoms with Crippen molar-refractivity contribution < 1.29 is 9.18 Å². The van der Waals surface area contributed by atoms with E-state index in [4.69, 9.17) is 0 Å². The zero-order chi connectivity index (χ0) is 21.0. The first kappa shape index (κ1) is 21.6. The third-order valence-corrected chi connectivity index (χ3v) is 10.1. The number of hydrogen-bond acceptors (Lipinski definition) is 1. The molecule has 0 aromatic heterocycles. The molecule has 0 heterocycles. The highest BCUT2D eigenvalue weighted by Gasteiger charge is 2.61. The predicted octanol–water partition coefficient (Wildman–Crippen LogP) is 7.54. The van der Waals surface area contributed by atoms with Gasteiger partial charge in [-0.05, 0) is 96.5 Å². The van der Waals surface area contributed by atoms with Crippen molar-refractivity contribution >= 4 is 5.78 Å². The Bertz CT molecular complexity index is 665. The Kier molecular flexibility index (Phi) is 5.79. The Labute approximate surface area is 178 Å². The lowest BCUT2D eigenvalue weighted by Crippen LogP contribution is -2.53.